The molecule has 27 heavy (non-hydrogen) atoms. The van der Waals surface area contributed by atoms with Crippen molar-refractivity contribution in [2.45, 2.75) is 89.4 Å². The molecular formula is C24H35NO2. The molecule has 1 aromatic carbocycles. The minimum atomic E-state index is -0.169. The lowest BCUT2D eigenvalue weighted by Gasteiger charge is -2.52. The van der Waals surface area contributed by atoms with Gasteiger partial charge in [0.25, 0.3) is 0 Å². The molecule has 4 rings (SSSR count). The highest BCUT2D eigenvalue weighted by Gasteiger charge is 2.49. The zero-order chi connectivity index (χ0) is 18.9. The van der Waals surface area contributed by atoms with Crippen LogP contribution in [0.5, 0.6) is 0 Å². The second-order valence-electron chi connectivity index (χ2n) is 9.54. The van der Waals surface area contributed by atoms with Gasteiger partial charge in [0.1, 0.15) is 0 Å². The molecule has 1 amide bonds. The van der Waals surface area contributed by atoms with Crippen LogP contribution in [0.2, 0.25) is 0 Å². The molecule has 1 aromatic rings. The molecule has 2 aliphatic carbocycles. The fourth-order valence-electron chi connectivity index (χ4n) is 5.76. The maximum atomic E-state index is 13.1. The molecule has 1 N–H and O–H groups in total. The molecule has 1 heterocycles. The van der Waals surface area contributed by atoms with Gasteiger partial charge in [0, 0.05) is 23.8 Å². The summed E-state index contributed by atoms with van der Waals surface area (Å²) in [5, 5.41) is 3.56. The van der Waals surface area contributed by atoms with Gasteiger partial charge >= 0.3 is 0 Å². The Bertz CT molecular complexity index is 639. The number of hydrogen-bond donors (Lipinski definition) is 1. The Morgan fingerprint density at radius 3 is 2.56 bits per heavy atom. The van der Waals surface area contributed by atoms with Crippen LogP contribution in [0.3, 0.4) is 0 Å². The molecule has 0 bridgehead atoms. The molecule has 3 fully saturated rings. The van der Waals surface area contributed by atoms with Gasteiger partial charge in [0.15, 0.2) is 0 Å². The third-order valence-electron chi connectivity index (χ3n) is 7.38. The monoisotopic (exact) mass is 369 g/mol. The van der Waals surface area contributed by atoms with Gasteiger partial charge in [-0.25, -0.2) is 0 Å². The topological polar surface area (TPSA) is 38.3 Å². The number of carbonyl (C=O) groups excluding carboxylic acids is 1. The number of amides is 1. The Morgan fingerprint density at radius 2 is 1.81 bits per heavy atom. The molecule has 148 valence electrons. The van der Waals surface area contributed by atoms with Gasteiger partial charge in [-0.1, -0.05) is 62.9 Å². The first-order chi connectivity index (χ1) is 13.0. The summed E-state index contributed by atoms with van der Waals surface area (Å²) in [6, 6.07) is 10.6. The summed E-state index contributed by atoms with van der Waals surface area (Å²) in [6.07, 6.45) is 10.5. The van der Waals surface area contributed by atoms with Crippen molar-refractivity contribution in [3.8, 4) is 0 Å². The number of hydrogen-bond acceptors (Lipinski definition) is 2. The summed E-state index contributed by atoms with van der Waals surface area (Å²) in [4.78, 5) is 13.1. The summed E-state index contributed by atoms with van der Waals surface area (Å²) in [5.74, 6) is 1.65. The Morgan fingerprint density at radius 1 is 1.07 bits per heavy atom. The van der Waals surface area contributed by atoms with E-state index in [4.69, 9.17) is 4.74 Å². The standard InChI is InChI=1S/C24H35NO2/c1-17-13-14-20-21(15-17)27-22(18-9-5-3-6-10-18)16-24(20,2)25-23(26)19-11-7-4-8-12-19/h3,5-6,9-10,17,19-22H,4,7-8,11-16H2,1-2H3,(H,25,26)/t17-,20-,21-,22-,24-/m0/s1. The smallest absolute Gasteiger partial charge is 0.223 e. The fraction of sp³-hybridized carbons (Fsp3) is 0.708. The average Bonchev–Trinajstić information content (AvgIpc) is 2.68. The highest BCUT2D eigenvalue weighted by molar-refractivity contribution is 5.79. The van der Waals surface area contributed by atoms with Crippen LogP contribution in [0.25, 0.3) is 0 Å². The van der Waals surface area contributed by atoms with E-state index >= 15 is 0 Å². The first-order valence-electron chi connectivity index (χ1n) is 11.1. The SMILES string of the molecule is C[C@H]1CC[C@H]2[C@H](C1)O[C@H](c1ccccc1)C[C@]2(C)NC(=O)C1CCCCC1. The lowest BCUT2D eigenvalue weighted by atomic mass is 9.66. The van der Waals surface area contributed by atoms with Gasteiger partial charge in [-0.2, -0.15) is 0 Å². The van der Waals surface area contributed by atoms with E-state index in [-0.39, 0.29) is 23.7 Å². The van der Waals surface area contributed by atoms with Crippen molar-refractivity contribution in [1.29, 1.82) is 0 Å². The molecule has 3 aliphatic rings. The van der Waals surface area contributed by atoms with E-state index in [0.717, 1.165) is 32.1 Å². The molecule has 0 aromatic heterocycles. The van der Waals surface area contributed by atoms with Gasteiger partial charge < -0.3 is 10.1 Å². The number of carbonyl (C=O) groups is 1. The largest absolute Gasteiger partial charge is 0.370 e. The van der Waals surface area contributed by atoms with Crippen LogP contribution < -0.4 is 5.32 Å². The van der Waals surface area contributed by atoms with Crippen LogP contribution in [-0.4, -0.2) is 17.6 Å². The summed E-state index contributed by atoms with van der Waals surface area (Å²) >= 11 is 0. The molecule has 2 saturated carbocycles. The van der Waals surface area contributed by atoms with Crippen molar-refractivity contribution in [3.05, 3.63) is 35.9 Å². The average molecular weight is 370 g/mol. The summed E-state index contributed by atoms with van der Waals surface area (Å²) in [5.41, 5.74) is 1.07. The minimum absolute atomic E-state index is 0.0782. The zero-order valence-electron chi connectivity index (χ0n) is 17.0. The molecule has 0 radical (unpaired) electrons. The molecule has 1 saturated heterocycles. The normalized spacial score (nSPS) is 37.4. The Labute approximate surface area is 164 Å². The maximum Gasteiger partial charge on any atom is 0.223 e. The van der Waals surface area contributed by atoms with Crippen LogP contribution in [0, 0.1) is 17.8 Å². The molecule has 0 spiro atoms. The Balaban J connectivity index is 1.56. The Kier molecular flexibility index (Phi) is 5.59. The van der Waals surface area contributed by atoms with E-state index in [1.807, 2.05) is 0 Å². The van der Waals surface area contributed by atoms with Crippen molar-refractivity contribution in [2.24, 2.45) is 17.8 Å². The van der Waals surface area contributed by atoms with Gasteiger partial charge in [0.2, 0.25) is 5.91 Å². The van der Waals surface area contributed by atoms with E-state index in [1.165, 1.54) is 31.2 Å². The predicted octanol–water partition coefficient (Wildman–Crippen LogP) is 5.41. The van der Waals surface area contributed by atoms with Gasteiger partial charge in [-0.3, -0.25) is 4.79 Å². The van der Waals surface area contributed by atoms with E-state index in [2.05, 4.69) is 49.5 Å². The lowest BCUT2D eigenvalue weighted by molar-refractivity contribution is -0.155. The number of rotatable bonds is 3. The Hall–Kier alpha value is -1.35. The lowest BCUT2D eigenvalue weighted by Crippen LogP contribution is -2.61. The van der Waals surface area contributed by atoms with E-state index in [0.29, 0.717) is 17.7 Å². The van der Waals surface area contributed by atoms with Gasteiger partial charge in [0.05, 0.1) is 12.2 Å². The first-order valence-corrected chi connectivity index (χ1v) is 11.1. The van der Waals surface area contributed by atoms with Crippen LogP contribution >= 0.6 is 0 Å². The van der Waals surface area contributed by atoms with Gasteiger partial charge in [-0.15, -0.1) is 0 Å². The molecule has 0 unspecified atom stereocenters. The quantitative estimate of drug-likeness (QED) is 0.774. The summed E-state index contributed by atoms with van der Waals surface area (Å²) < 4.78 is 6.62. The maximum absolute atomic E-state index is 13.1. The predicted molar refractivity (Wildman–Crippen MR) is 108 cm³/mol. The number of nitrogens with one attached hydrogen (secondary N) is 1. The minimum Gasteiger partial charge on any atom is -0.370 e. The molecule has 3 heteroatoms. The highest BCUT2D eigenvalue weighted by Crippen LogP contribution is 2.48. The molecule has 3 nitrogen and oxygen atoms in total. The van der Waals surface area contributed by atoms with Crippen molar-refractivity contribution >= 4 is 5.91 Å². The molecule has 5 atom stereocenters. The third kappa shape index (κ3) is 4.08. The highest BCUT2D eigenvalue weighted by atomic mass is 16.5. The zero-order valence-corrected chi connectivity index (χ0v) is 17.0. The van der Waals surface area contributed by atoms with E-state index in [1.54, 1.807) is 0 Å². The first kappa shape index (κ1) is 19.0. The van der Waals surface area contributed by atoms with Crippen molar-refractivity contribution in [1.82, 2.24) is 5.32 Å². The summed E-state index contributed by atoms with van der Waals surface area (Å²) in [6.45, 7) is 4.63. The van der Waals surface area contributed by atoms with Gasteiger partial charge in [-0.05, 0) is 44.1 Å². The fourth-order valence-corrected chi connectivity index (χ4v) is 5.76. The van der Waals surface area contributed by atoms with Crippen molar-refractivity contribution in [3.63, 3.8) is 0 Å². The van der Waals surface area contributed by atoms with Crippen molar-refractivity contribution in [2.75, 3.05) is 0 Å². The third-order valence-corrected chi connectivity index (χ3v) is 7.38. The number of ether oxygens (including phenoxy) is 1. The molecular weight excluding hydrogens is 334 g/mol. The van der Waals surface area contributed by atoms with Crippen molar-refractivity contribution < 1.29 is 9.53 Å². The second kappa shape index (κ2) is 7.95. The molecule has 1 aliphatic heterocycles. The van der Waals surface area contributed by atoms with Crippen LogP contribution in [0.15, 0.2) is 30.3 Å². The summed E-state index contributed by atoms with van der Waals surface area (Å²) in [7, 11) is 0. The van der Waals surface area contributed by atoms with Crippen LogP contribution in [0.1, 0.15) is 83.3 Å². The van der Waals surface area contributed by atoms with E-state index in [9.17, 15) is 4.79 Å². The number of fused-ring (bicyclic) bond motifs is 1. The van der Waals surface area contributed by atoms with E-state index < -0.39 is 0 Å². The van der Waals surface area contributed by atoms with Crippen LogP contribution in [0.4, 0.5) is 0 Å². The number of benzene rings is 1. The van der Waals surface area contributed by atoms with Crippen LogP contribution in [-0.2, 0) is 9.53 Å². The second-order valence-corrected chi connectivity index (χ2v) is 9.54.